The van der Waals surface area contributed by atoms with E-state index in [2.05, 4.69) is 4.98 Å². The van der Waals surface area contributed by atoms with Crippen LogP contribution in [0.4, 0.5) is 0 Å². The Kier molecular flexibility index (Phi) is 3.92. The number of benzene rings is 1. The molecule has 0 saturated heterocycles. The lowest BCUT2D eigenvalue weighted by Gasteiger charge is -2.23. The van der Waals surface area contributed by atoms with E-state index in [4.69, 9.17) is 0 Å². The van der Waals surface area contributed by atoms with Gasteiger partial charge in [0.1, 0.15) is 6.04 Å². The van der Waals surface area contributed by atoms with Crippen LogP contribution in [0.1, 0.15) is 34.6 Å². The normalized spacial score (nSPS) is 16.6. The van der Waals surface area contributed by atoms with Crippen molar-refractivity contribution in [2.75, 3.05) is 0 Å². The summed E-state index contributed by atoms with van der Waals surface area (Å²) in [6.07, 6.45) is 4.55. The zero-order chi connectivity index (χ0) is 17.6. The molecule has 4 rings (SSSR count). The first kappa shape index (κ1) is 16.0. The van der Waals surface area contributed by atoms with Crippen LogP contribution in [0, 0.1) is 6.92 Å². The maximum atomic E-state index is 13.4. The minimum absolute atomic E-state index is 0.0169. The first-order valence-corrected chi connectivity index (χ1v) is 9.23. The number of aromatic nitrogens is 3. The van der Waals surface area contributed by atoms with Gasteiger partial charge in [0.25, 0.3) is 11.7 Å². The molecule has 3 aromatic rings. The molecule has 128 valence electrons. The number of hydrogen-bond donors (Lipinski definition) is 1. The van der Waals surface area contributed by atoms with Gasteiger partial charge in [-0.05, 0) is 25.3 Å². The molecule has 25 heavy (non-hydrogen) atoms. The summed E-state index contributed by atoms with van der Waals surface area (Å²) in [5.41, 5.74) is 0.966. The number of hydrogen-bond acceptors (Lipinski definition) is 4. The predicted molar refractivity (Wildman–Crippen MR) is 96.9 cm³/mol. The maximum absolute atomic E-state index is 13.4. The van der Waals surface area contributed by atoms with Crippen LogP contribution in [0.15, 0.2) is 41.3 Å². The van der Waals surface area contributed by atoms with E-state index in [9.17, 15) is 9.90 Å². The lowest BCUT2D eigenvalue weighted by Crippen LogP contribution is -2.47. The number of aryl methyl sites for hydroxylation is 1. The smallest absolute Gasteiger partial charge is 0.349 e. The molecule has 1 N–H and O–H groups in total. The summed E-state index contributed by atoms with van der Waals surface area (Å²) in [6.45, 7) is 1.98. The molecule has 1 aromatic carbocycles. The van der Waals surface area contributed by atoms with Gasteiger partial charge in [-0.1, -0.05) is 30.3 Å². The second-order valence-electron chi connectivity index (χ2n) is 6.40. The van der Waals surface area contributed by atoms with E-state index in [-0.39, 0.29) is 17.5 Å². The highest BCUT2D eigenvalue weighted by atomic mass is 32.1. The number of aromatic hydroxyl groups is 1. The number of rotatable bonds is 2. The third-order valence-corrected chi connectivity index (χ3v) is 5.87. The maximum Gasteiger partial charge on any atom is 0.349 e. The van der Waals surface area contributed by atoms with Crippen LogP contribution >= 0.6 is 11.3 Å². The van der Waals surface area contributed by atoms with Crippen molar-refractivity contribution in [3.63, 3.8) is 0 Å². The van der Waals surface area contributed by atoms with E-state index in [1.807, 2.05) is 55.1 Å². The van der Waals surface area contributed by atoms with Gasteiger partial charge in [0.2, 0.25) is 0 Å². The van der Waals surface area contributed by atoms with Gasteiger partial charge in [0.15, 0.2) is 5.56 Å². The van der Waals surface area contributed by atoms with Gasteiger partial charge in [-0.3, -0.25) is 0 Å². The molecule has 1 unspecified atom stereocenters. The molecule has 1 atom stereocenters. The van der Waals surface area contributed by atoms with Crippen LogP contribution < -0.4 is 10.1 Å². The molecule has 2 aromatic heterocycles. The lowest BCUT2D eigenvalue weighted by molar-refractivity contribution is -0.690. The molecular weight excluding hydrogens is 334 g/mol. The Labute approximate surface area is 149 Å². The highest BCUT2D eigenvalue weighted by Crippen LogP contribution is 2.33. The van der Waals surface area contributed by atoms with Gasteiger partial charge < -0.3 is 5.11 Å². The van der Waals surface area contributed by atoms with Gasteiger partial charge in [0.05, 0.1) is 16.9 Å². The van der Waals surface area contributed by atoms with Crippen LogP contribution in [-0.4, -0.2) is 14.7 Å². The monoisotopic (exact) mass is 354 g/mol. The Morgan fingerprint density at radius 2 is 2.08 bits per heavy atom. The summed E-state index contributed by atoms with van der Waals surface area (Å²) >= 11 is 1.64. The van der Waals surface area contributed by atoms with Crippen molar-refractivity contribution in [2.45, 2.75) is 32.2 Å². The molecule has 0 spiro atoms. The van der Waals surface area contributed by atoms with E-state index in [0.29, 0.717) is 5.56 Å². The summed E-state index contributed by atoms with van der Waals surface area (Å²) in [5.74, 6) is 0.896. The van der Waals surface area contributed by atoms with Gasteiger partial charge in [-0.25, -0.2) is 14.3 Å². The Morgan fingerprint density at radius 3 is 2.76 bits per heavy atom. The van der Waals surface area contributed by atoms with Gasteiger partial charge >= 0.3 is 5.56 Å². The fourth-order valence-electron chi connectivity index (χ4n) is 3.64. The van der Waals surface area contributed by atoms with Gasteiger partial charge in [-0.15, -0.1) is 11.3 Å². The predicted octanol–water partition coefficient (Wildman–Crippen LogP) is 2.74. The number of thiazole rings is 1. The first-order chi connectivity index (χ1) is 12.1. The third-order valence-electron chi connectivity index (χ3n) is 4.86. The van der Waals surface area contributed by atoms with Gasteiger partial charge in [-0.2, -0.15) is 4.57 Å². The Balaban J connectivity index is 2.00. The summed E-state index contributed by atoms with van der Waals surface area (Å²) in [4.78, 5) is 18.8. The fraction of sp³-hybridized carbons (Fsp3) is 0.316. The molecule has 1 aliphatic heterocycles. The van der Waals surface area contributed by atoms with Crippen LogP contribution in [0.3, 0.4) is 0 Å². The van der Waals surface area contributed by atoms with Crippen molar-refractivity contribution in [3.05, 3.63) is 62.6 Å². The minimum Gasteiger partial charge on any atom is -0.477 e. The minimum atomic E-state index is -0.132. The van der Waals surface area contributed by atoms with E-state index in [1.165, 1.54) is 0 Å². The highest BCUT2D eigenvalue weighted by molar-refractivity contribution is 7.11. The Morgan fingerprint density at radius 1 is 1.32 bits per heavy atom. The SMILES string of the molecule is Cc1ncc(C2CCCc3n2c(=O)c(-c2ccccc2)c(O)[n+]3C)s1. The average molecular weight is 354 g/mol. The Hall–Kier alpha value is -2.47. The van der Waals surface area contributed by atoms with E-state index in [1.54, 1.807) is 15.9 Å². The molecule has 0 radical (unpaired) electrons. The molecule has 3 heterocycles. The van der Waals surface area contributed by atoms with E-state index >= 15 is 0 Å². The quantitative estimate of drug-likeness (QED) is 0.720. The zero-order valence-corrected chi connectivity index (χ0v) is 15.1. The molecule has 0 saturated carbocycles. The second kappa shape index (κ2) is 6.11. The highest BCUT2D eigenvalue weighted by Gasteiger charge is 2.36. The van der Waals surface area contributed by atoms with E-state index in [0.717, 1.165) is 40.5 Å². The number of fused-ring (bicyclic) bond motifs is 1. The van der Waals surface area contributed by atoms with Crippen molar-refractivity contribution in [1.82, 2.24) is 9.55 Å². The van der Waals surface area contributed by atoms with Gasteiger partial charge in [0, 0.05) is 12.6 Å². The van der Waals surface area contributed by atoms with Crippen LogP contribution in [0.2, 0.25) is 0 Å². The summed E-state index contributed by atoms with van der Waals surface area (Å²) in [5, 5.41) is 11.7. The topological polar surface area (TPSA) is 59.0 Å². The van der Waals surface area contributed by atoms with Crippen molar-refractivity contribution in [2.24, 2.45) is 7.05 Å². The molecule has 5 nitrogen and oxygen atoms in total. The second-order valence-corrected chi connectivity index (χ2v) is 7.67. The van der Waals surface area contributed by atoms with Crippen molar-refractivity contribution in [1.29, 1.82) is 0 Å². The van der Waals surface area contributed by atoms with Crippen molar-refractivity contribution >= 4 is 11.3 Å². The number of nitrogens with zero attached hydrogens (tertiary/aromatic N) is 3. The van der Waals surface area contributed by atoms with Crippen LogP contribution in [-0.2, 0) is 13.5 Å². The summed E-state index contributed by atoms with van der Waals surface area (Å²) in [6, 6.07) is 9.36. The molecule has 1 aliphatic rings. The molecular formula is C19H20N3O2S+. The summed E-state index contributed by atoms with van der Waals surface area (Å²) < 4.78 is 3.61. The average Bonchev–Trinajstić information content (AvgIpc) is 3.06. The zero-order valence-electron chi connectivity index (χ0n) is 14.3. The Bertz CT molecular complexity index is 992. The molecule has 0 bridgehead atoms. The molecule has 6 heteroatoms. The van der Waals surface area contributed by atoms with E-state index < -0.39 is 0 Å². The van der Waals surface area contributed by atoms with Crippen molar-refractivity contribution < 1.29 is 9.67 Å². The molecule has 0 fully saturated rings. The fourth-order valence-corrected chi connectivity index (χ4v) is 4.55. The van der Waals surface area contributed by atoms with Crippen LogP contribution in [0.25, 0.3) is 11.1 Å². The van der Waals surface area contributed by atoms with Crippen molar-refractivity contribution in [3.8, 4) is 17.0 Å². The largest absolute Gasteiger partial charge is 0.477 e. The standard InChI is InChI=1S/C19H19N3O2S/c1-12-20-11-15(25-12)14-9-6-10-16-21(2)18(23)17(19(24)22(14)16)13-7-4-3-5-8-13/h3-5,7-8,11,14H,6,9-10H2,1-2H3/p+1. The molecule has 0 aliphatic carbocycles. The third kappa shape index (κ3) is 2.57. The lowest BCUT2D eigenvalue weighted by atomic mass is 10.0. The molecule has 0 amide bonds. The van der Waals surface area contributed by atoms with Crippen LogP contribution in [0.5, 0.6) is 5.88 Å². The first-order valence-electron chi connectivity index (χ1n) is 8.42. The summed E-state index contributed by atoms with van der Waals surface area (Å²) in [7, 11) is 1.83.